The molecule has 8 heteroatoms. The van der Waals surface area contributed by atoms with Crippen LogP contribution in [0, 0.1) is 5.92 Å². The van der Waals surface area contributed by atoms with Gasteiger partial charge in [-0.3, -0.25) is 4.90 Å². The molecule has 1 aromatic heterocycles. The molecule has 0 radical (unpaired) electrons. The maximum atomic E-state index is 12.9. The van der Waals surface area contributed by atoms with Gasteiger partial charge in [0, 0.05) is 44.3 Å². The van der Waals surface area contributed by atoms with Crippen LogP contribution in [0.15, 0.2) is 11.4 Å². The fourth-order valence-corrected chi connectivity index (χ4v) is 6.03. The highest BCUT2D eigenvalue weighted by atomic mass is 32.2. The second-order valence-corrected chi connectivity index (χ2v) is 10.5. The number of ether oxygens (including phenoxy) is 1. The summed E-state index contributed by atoms with van der Waals surface area (Å²) >= 11 is 1.98. The first-order valence-corrected chi connectivity index (χ1v) is 12.0. The summed E-state index contributed by atoms with van der Waals surface area (Å²) in [6.45, 7) is 8.44. The molecule has 1 atom stereocenters. The molecule has 0 unspecified atom stereocenters. The lowest BCUT2D eigenvalue weighted by atomic mass is 10.2. The number of thioether (sulfide) groups is 1. The van der Waals surface area contributed by atoms with Crippen molar-refractivity contribution in [2.24, 2.45) is 5.92 Å². The highest BCUT2D eigenvalue weighted by Crippen LogP contribution is 2.22. The topological polar surface area (TPSA) is 64.4 Å². The Hall–Kier alpha value is -0.570. The predicted molar refractivity (Wildman–Crippen MR) is 101 cm³/mol. The normalized spacial score (nSPS) is 22.8. The molecule has 2 fully saturated rings. The number of nitrogens with zero attached hydrogens (tertiary/aromatic N) is 3. The summed E-state index contributed by atoms with van der Waals surface area (Å²) in [5, 5.41) is 0.220. The molecule has 2 aliphatic heterocycles. The molecule has 3 rings (SSSR count). The van der Waals surface area contributed by atoms with Gasteiger partial charge >= 0.3 is 0 Å². The molecule has 2 aliphatic rings. The van der Waals surface area contributed by atoms with E-state index in [9.17, 15) is 8.42 Å². The highest BCUT2D eigenvalue weighted by Gasteiger charge is 2.30. The first kappa shape index (κ1) is 19.2. The zero-order valence-electron chi connectivity index (χ0n) is 15.2. The van der Waals surface area contributed by atoms with Crippen LogP contribution < -0.4 is 0 Å². The summed E-state index contributed by atoms with van der Waals surface area (Å²) in [6.07, 6.45) is 3.34. The van der Waals surface area contributed by atoms with E-state index in [4.69, 9.17) is 4.74 Å². The van der Waals surface area contributed by atoms with Gasteiger partial charge in [-0.05, 0) is 18.8 Å². The van der Waals surface area contributed by atoms with E-state index in [0.717, 1.165) is 49.7 Å². The fourth-order valence-electron chi connectivity index (χ4n) is 3.41. The number of aromatic nitrogens is 2. The molecule has 3 heterocycles. The highest BCUT2D eigenvalue weighted by molar-refractivity contribution is 7.99. The summed E-state index contributed by atoms with van der Waals surface area (Å²) < 4.78 is 33.3. The fraction of sp³-hybridized carbons (Fsp3) is 0.824. The zero-order valence-corrected chi connectivity index (χ0v) is 16.8. The van der Waals surface area contributed by atoms with Crippen LogP contribution in [0.5, 0.6) is 0 Å². The third kappa shape index (κ3) is 4.99. The van der Waals surface area contributed by atoms with Crippen molar-refractivity contribution >= 4 is 21.6 Å². The van der Waals surface area contributed by atoms with Crippen molar-refractivity contribution in [3.05, 3.63) is 11.9 Å². The molecule has 142 valence electrons. The van der Waals surface area contributed by atoms with E-state index in [1.54, 1.807) is 6.20 Å². The van der Waals surface area contributed by atoms with Gasteiger partial charge in [0.2, 0.25) is 15.0 Å². The van der Waals surface area contributed by atoms with Crippen LogP contribution in [0.25, 0.3) is 0 Å². The Labute approximate surface area is 155 Å². The zero-order chi connectivity index (χ0) is 17.9. The quantitative estimate of drug-likeness (QED) is 0.713. The van der Waals surface area contributed by atoms with Crippen molar-refractivity contribution < 1.29 is 13.2 Å². The van der Waals surface area contributed by atoms with E-state index in [0.29, 0.717) is 19.1 Å². The summed E-state index contributed by atoms with van der Waals surface area (Å²) in [7, 11) is -3.44. The number of hydrogen-bond donors (Lipinski definition) is 0. The summed E-state index contributed by atoms with van der Waals surface area (Å²) in [5.74, 6) is 2.69. The Balaban J connectivity index is 1.82. The van der Waals surface area contributed by atoms with Gasteiger partial charge in [-0.2, -0.15) is 11.8 Å². The lowest BCUT2D eigenvalue weighted by Gasteiger charge is -2.26. The van der Waals surface area contributed by atoms with Crippen molar-refractivity contribution in [3.8, 4) is 0 Å². The molecule has 6 nitrogen and oxygen atoms in total. The number of imidazole rings is 1. The molecule has 0 aliphatic carbocycles. The van der Waals surface area contributed by atoms with Crippen molar-refractivity contribution in [2.75, 3.05) is 37.0 Å². The van der Waals surface area contributed by atoms with E-state index in [2.05, 4.69) is 23.7 Å². The Morgan fingerprint density at radius 1 is 1.36 bits per heavy atom. The van der Waals surface area contributed by atoms with Crippen LogP contribution in [0.2, 0.25) is 0 Å². The average molecular weight is 388 g/mol. The molecule has 0 bridgehead atoms. The predicted octanol–water partition coefficient (Wildman–Crippen LogP) is 2.04. The van der Waals surface area contributed by atoms with Gasteiger partial charge in [0.05, 0.1) is 23.7 Å². The number of sulfone groups is 1. The van der Waals surface area contributed by atoms with E-state index >= 15 is 0 Å². The van der Waals surface area contributed by atoms with Gasteiger partial charge in [-0.25, -0.2) is 13.4 Å². The van der Waals surface area contributed by atoms with E-state index < -0.39 is 9.84 Å². The molecule has 1 aromatic rings. The van der Waals surface area contributed by atoms with Gasteiger partial charge in [0.15, 0.2) is 0 Å². The third-order valence-corrected chi connectivity index (χ3v) is 7.28. The molecule has 25 heavy (non-hydrogen) atoms. The molecule has 0 N–H and O–H groups in total. The summed E-state index contributed by atoms with van der Waals surface area (Å²) in [6, 6.07) is 0. The monoisotopic (exact) mass is 387 g/mol. The van der Waals surface area contributed by atoms with Gasteiger partial charge in [0.1, 0.15) is 0 Å². The Morgan fingerprint density at radius 2 is 2.12 bits per heavy atom. The Bertz CT molecular complexity index is 661. The number of rotatable bonds is 7. The summed E-state index contributed by atoms with van der Waals surface area (Å²) in [5.41, 5.74) is 1.01. The molecular weight excluding hydrogens is 358 g/mol. The first-order valence-electron chi connectivity index (χ1n) is 9.14. The first-order chi connectivity index (χ1) is 12.0. The molecule has 0 aromatic carbocycles. The van der Waals surface area contributed by atoms with Gasteiger partial charge in [-0.1, -0.05) is 13.8 Å². The third-order valence-electron chi connectivity index (χ3n) is 4.65. The van der Waals surface area contributed by atoms with Crippen LogP contribution in [0.3, 0.4) is 0 Å². The van der Waals surface area contributed by atoms with Crippen LogP contribution in [0.4, 0.5) is 0 Å². The van der Waals surface area contributed by atoms with E-state index in [1.165, 1.54) is 0 Å². The minimum absolute atomic E-state index is 0.0436. The van der Waals surface area contributed by atoms with Gasteiger partial charge in [-0.15, -0.1) is 0 Å². The Morgan fingerprint density at radius 3 is 2.76 bits per heavy atom. The maximum Gasteiger partial charge on any atom is 0.227 e. The summed E-state index contributed by atoms with van der Waals surface area (Å²) in [4.78, 5) is 6.73. The van der Waals surface area contributed by atoms with Crippen molar-refractivity contribution in [1.82, 2.24) is 14.5 Å². The van der Waals surface area contributed by atoms with Crippen LogP contribution in [-0.4, -0.2) is 65.9 Å². The average Bonchev–Trinajstić information content (AvgIpc) is 3.18. The van der Waals surface area contributed by atoms with Crippen LogP contribution in [-0.2, 0) is 27.7 Å². The SMILES string of the molecule is CC(C)Cn1c(CN2CCSCC2)cnc1S(=O)(=O)C[C@H]1CCCO1. The Kier molecular flexibility index (Phi) is 6.46. The smallest absolute Gasteiger partial charge is 0.227 e. The lowest BCUT2D eigenvalue weighted by Crippen LogP contribution is -2.33. The van der Waals surface area contributed by atoms with Crippen molar-refractivity contribution in [3.63, 3.8) is 0 Å². The maximum absolute atomic E-state index is 12.9. The van der Waals surface area contributed by atoms with Crippen LogP contribution >= 0.6 is 11.8 Å². The number of hydrogen-bond acceptors (Lipinski definition) is 6. The lowest BCUT2D eigenvalue weighted by molar-refractivity contribution is 0.127. The second kappa shape index (κ2) is 8.41. The molecular formula is C17H29N3O3S2. The minimum Gasteiger partial charge on any atom is -0.377 e. The minimum atomic E-state index is -3.44. The second-order valence-electron chi connectivity index (χ2n) is 7.34. The molecule has 2 saturated heterocycles. The molecule has 0 spiro atoms. The van der Waals surface area contributed by atoms with E-state index in [-0.39, 0.29) is 17.0 Å². The van der Waals surface area contributed by atoms with E-state index in [1.807, 2.05) is 16.3 Å². The standard InChI is InChI=1S/C17H29N3O3S2/c1-14(2)11-20-15(12-19-5-8-24-9-6-19)10-18-17(20)25(21,22)13-16-4-3-7-23-16/h10,14,16H,3-9,11-13H2,1-2H3/t16-/m1/s1. The van der Waals surface area contributed by atoms with Crippen molar-refractivity contribution in [1.29, 1.82) is 0 Å². The van der Waals surface area contributed by atoms with Gasteiger partial charge in [0.25, 0.3) is 0 Å². The molecule has 0 amide bonds. The van der Waals surface area contributed by atoms with Crippen molar-refractivity contribution in [2.45, 2.75) is 51.0 Å². The van der Waals surface area contributed by atoms with Crippen LogP contribution in [0.1, 0.15) is 32.4 Å². The van der Waals surface area contributed by atoms with Gasteiger partial charge < -0.3 is 9.30 Å². The molecule has 0 saturated carbocycles. The largest absolute Gasteiger partial charge is 0.377 e.